The molecule has 2 heterocycles. The van der Waals surface area contributed by atoms with Gasteiger partial charge in [-0.2, -0.15) is 0 Å². The second kappa shape index (κ2) is 11.0. The summed E-state index contributed by atoms with van der Waals surface area (Å²) in [5, 5.41) is 16.9. The van der Waals surface area contributed by atoms with Gasteiger partial charge in [0.25, 0.3) is 5.56 Å². The third kappa shape index (κ3) is 5.80. The summed E-state index contributed by atoms with van der Waals surface area (Å²) in [4.78, 5) is 16.3. The molecule has 3 atom stereocenters. The van der Waals surface area contributed by atoms with Crippen molar-refractivity contribution in [3.05, 3.63) is 115 Å². The van der Waals surface area contributed by atoms with Crippen molar-refractivity contribution in [1.29, 1.82) is 0 Å². The van der Waals surface area contributed by atoms with Crippen LogP contribution in [0.5, 0.6) is 0 Å². The fourth-order valence-corrected chi connectivity index (χ4v) is 5.80. The quantitative estimate of drug-likeness (QED) is 0.242. The van der Waals surface area contributed by atoms with Crippen LogP contribution in [-0.2, 0) is 6.42 Å². The van der Waals surface area contributed by atoms with Gasteiger partial charge in [-0.3, -0.25) is 4.79 Å². The van der Waals surface area contributed by atoms with E-state index in [4.69, 9.17) is 11.6 Å². The van der Waals surface area contributed by atoms with Crippen LogP contribution in [-0.4, -0.2) is 28.3 Å². The number of aromatic amines is 1. The van der Waals surface area contributed by atoms with Crippen molar-refractivity contribution >= 4 is 38.4 Å². The number of rotatable bonds is 5. The van der Waals surface area contributed by atoms with Gasteiger partial charge in [-0.05, 0) is 84.8 Å². The number of aliphatic hydroxyl groups is 1. The molecule has 3 aromatic carbocycles. The maximum atomic E-state index is 14.4. The van der Waals surface area contributed by atoms with Gasteiger partial charge in [-0.25, -0.2) is 8.78 Å². The van der Waals surface area contributed by atoms with E-state index in [1.807, 2.05) is 36.4 Å². The Hall–Kier alpha value is -2.58. The molecule has 4 aromatic rings. The first-order chi connectivity index (χ1) is 17.2. The minimum absolute atomic E-state index is 0. The molecule has 0 radical (unpaired) electrons. The summed E-state index contributed by atoms with van der Waals surface area (Å²) >= 11 is 9.62. The Labute approximate surface area is 227 Å². The molecule has 194 valence electrons. The zero-order valence-corrected chi connectivity index (χ0v) is 21.5. The van der Waals surface area contributed by atoms with Gasteiger partial charge in [0.05, 0.1) is 5.60 Å². The molecular formula is C29H28BrClF2N2O2. The molecule has 1 aliphatic heterocycles. The summed E-state index contributed by atoms with van der Waals surface area (Å²) < 4.78 is 28.6. The standard InChI is InChI=1S/C28H24BrClF2N2O2.CH4/c29-19-4-8-25-18(11-19)13-23(27(35)34-25)26(16-1-5-20(30)6-2-16)28(36)9-10-33-22(15-28)12-17-3-7-21(31)14-24(17)32;/h1-8,11,13-14,22,26,33,36H,9-10,12,15H2,(H,34,35);1H4. The van der Waals surface area contributed by atoms with Gasteiger partial charge in [-0.1, -0.05) is 53.2 Å². The zero-order valence-electron chi connectivity index (χ0n) is 19.2. The Morgan fingerprint density at radius 3 is 2.57 bits per heavy atom. The molecule has 5 rings (SSSR count). The average molecular weight is 590 g/mol. The molecule has 1 fully saturated rings. The van der Waals surface area contributed by atoms with Crippen molar-refractivity contribution in [3.8, 4) is 0 Å². The fourth-order valence-electron chi connectivity index (χ4n) is 5.30. The van der Waals surface area contributed by atoms with Crippen LogP contribution in [0.25, 0.3) is 10.9 Å². The lowest BCUT2D eigenvalue weighted by molar-refractivity contribution is -0.0189. The number of pyridine rings is 1. The van der Waals surface area contributed by atoms with Crippen molar-refractivity contribution in [3.63, 3.8) is 0 Å². The van der Waals surface area contributed by atoms with E-state index in [2.05, 4.69) is 26.2 Å². The molecule has 0 saturated carbocycles. The van der Waals surface area contributed by atoms with Crippen LogP contribution in [0.1, 0.15) is 42.9 Å². The van der Waals surface area contributed by atoms with Crippen LogP contribution in [0.4, 0.5) is 8.78 Å². The summed E-state index contributed by atoms with van der Waals surface area (Å²) in [7, 11) is 0. The summed E-state index contributed by atoms with van der Waals surface area (Å²) in [6.45, 7) is 0.477. The average Bonchev–Trinajstić information content (AvgIpc) is 2.83. The van der Waals surface area contributed by atoms with Crippen LogP contribution in [0.15, 0.2) is 76.0 Å². The molecule has 1 aliphatic rings. The lowest BCUT2D eigenvalue weighted by atomic mass is 9.70. The molecule has 8 heteroatoms. The number of H-pyrrole nitrogens is 1. The van der Waals surface area contributed by atoms with Gasteiger partial charge < -0.3 is 15.4 Å². The van der Waals surface area contributed by atoms with Crippen molar-refractivity contribution < 1.29 is 13.9 Å². The smallest absolute Gasteiger partial charge is 0.252 e. The lowest BCUT2D eigenvalue weighted by Gasteiger charge is -2.43. The number of hydrogen-bond acceptors (Lipinski definition) is 3. The van der Waals surface area contributed by atoms with Crippen LogP contribution >= 0.6 is 27.5 Å². The molecule has 3 unspecified atom stereocenters. The number of benzene rings is 3. The van der Waals surface area contributed by atoms with E-state index in [1.54, 1.807) is 12.1 Å². The Morgan fingerprint density at radius 1 is 1.08 bits per heavy atom. The second-order valence-electron chi connectivity index (χ2n) is 9.42. The first kappa shape index (κ1) is 27.5. The fraction of sp³-hybridized carbons (Fsp3) is 0.276. The Balaban J connectivity index is 0.00000320. The molecule has 1 saturated heterocycles. The van der Waals surface area contributed by atoms with Crippen molar-refractivity contribution in [2.45, 2.75) is 44.2 Å². The van der Waals surface area contributed by atoms with Gasteiger partial charge in [0, 0.05) is 38.6 Å². The monoisotopic (exact) mass is 588 g/mol. The van der Waals surface area contributed by atoms with E-state index in [1.165, 1.54) is 12.1 Å². The van der Waals surface area contributed by atoms with Crippen LogP contribution in [0.3, 0.4) is 0 Å². The van der Waals surface area contributed by atoms with Gasteiger partial charge in [0.2, 0.25) is 0 Å². The van der Waals surface area contributed by atoms with Crippen molar-refractivity contribution in [2.24, 2.45) is 0 Å². The van der Waals surface area contributed by atoms with E-state index in [0.29, 0.717) is 34.6 Å². The van der Waals surface area contributed by atoms with E-state index in [-0.39, 0.29) is 31.9 Å². The highest BCUT2D eigenvalue weighted by Crippen LogP contribution is 2.41. The van der Waals surface area contributed by atoms with E-state index < -0.39 is 23.2 Å². The number of aromatic nitrogens is 1. The maximum absolute atomic E-state index is 14.4. The number of nitrogens with one attached hydrogen (secondary N) is 2. The molecule has 3 N–H and O–H groups in total. The largest absolute Gasteiger partial charge is 0.389 e. The number of halogens is 4. The van der Waals surface area contributed by atoms with E-state index in [0.717, 1.165) is 21.5 Å². The Morgan fingerprint density at radius 2 is 1.84 bits per heavy atom. The molecule has 37 heavy (non-hydrogen) atoms. The van der Waals surface area contributed by atoms with Gasteiger partial charge in [-0.15, -0.1) is 0 Å². The molecule has 0 bridgehead atoms. The van der Waals surface area contributed by atoms with Crippen LogP contribution < -0.4 is 10.9 Å². The Bertz CT molecular complexity index is 1480. The predicted molar refractivity (Wildman–Crippen MR) is 148 cm³/mol. The number of fused-ring (bicyclic) bond motifs is 1. The van der Waals surface area contributed by atoms with Gasteiger partial charge in [0.15, 0.2) is 0 Å². The highest BCUT2D eigenvalue weighted by atomic mass is 79.9. The lowest BCUT2D eigenvalue weighted by Crippen LogP contribution is -2.52. The normalized spacial score (nSPS) is 20.4. The number of piperidine rings is 1. The summed E-state index contributed by atoms with van der Waals surface area (Å²) in [5.41, 5.74) is 0.693. The first-order valence-electron chi connectivity index (χ1n) is 11.7. The van der Waals surface area contributed by atoms with Crippen molar-refractivity contribution in [1.82, 2.24) is 10.3 Å². The van der Waals surface area contributed by atoms with Gasteiger partial charge in [0.1, 0.15) is 11.6 Å². The topological polar surface area (TPSA) is 65.1 Å². The third-order valence-electron chi connectivity index (χ3n) is 6.96. The minimum Gasteiger partial charge on any atom is -0.389 e. The van der Waals surface area contributed by atoms with Crippen molar-refractivity contribution in [2.75, 3.05) is 6.54 Å². The Kier molecular flexibility index (Phi) is 8.19. The van der Waals surface area contributed by atoms with E-state index >= 15 is 0 Å². The van der Waals surface area contributed by atoms with E-state index in [9.17, 15) is 18.7 Å². The predicted octanol–water partition coefficient (Wildman–Crippen LogP) is 6.72. The third-order valence-corrected chi connectivity index (χ3v) is 7.70. The minimum atomic E-state index is -1.30. The molecule has 0 aliphatic carbocycles. The highest BCUT2D eigenvalue weighted by molar-refractivity contribution is 9.10. The summed E-state index contributed by atoms with van der Waals surface area (Å²) in [6.07, 6.45) is 0.939. The number of hydrogen-bond donors (Lipinski definition) is 3. The second-order valence-corrected chi connectivity index (χ2v) is 10.8. The van der Waals surface area contributed by atoms with Crippen LogP contribution in [0, 0.1) is 11.6 Å². The summed E-state index contributed by atoms with van der Waals surface area (Å²) in [5.74, 6) is -1.89. The molecule has 0 spiro atoms. The SMILES string of the molecule is C.O=c1[nH]c2ccc(Br)cc2cc1C(c1ccc(Cl)cc1)C1(O)CCNC(Cc2ccc(F)cc2F)C1. The molecule has 4 nitrogen and oxygen atoms in total. The van der Waals surface area contributed by atoms with Gasteiger partial charge >= 0.3 is 0 Å². The zero-order chi connectivity index (χ0) is 25.4. The molecule has 1 aromatic heterocycles. The maximum Gasteiger partial charge on any atom is 0.252 e. The molecular weight excluding hydrogens is 562 g/mol. The highest BCUT2D eigenvalue weighted by Gasteiger charge is 2.44. The van der Waals surface area contributed by atoms with Crippen LogP contribution in [0.2, 0.25) is 5.02 Å². The summed E-state index contributed by atoms with van der Waals surface area (Å²) in [6, 6.07) is 17.8. The molecule has 0 amide bonds. The first-order valence-corrected chi connectivity index (χ1v) is 12.9.